The number of rotatable bonds is 8. The molecule has 0 aliphatic rings. The van der Waals surface area contributed by atoms with Crippen molar-refractivity contribution in [2.45, 2.75) is 36.0 Å². The van der Waals surface area contributed by atoms with Crippen molar-refractivity contribution in [3.63, 3.8) is 0 Å². The highest BCUT2D eigenvalue weighted by Crippen LogP contribution is 2.32. The first-order valence-electron chi connectivity index (χ1n) is 15.5. The molecule has 6 aromatic rings. The van der Waals surface area contributed by atoms with Crippen molar-refractivity contribution in [1.82, 2.24) is 44.5 Å². The molecule has 0 fully saturated rings. The number of primary amides is 1. The molecule has 0 aliphatic heterocycles. The molecular weight excluding hydrogens is 787 g/mol. The number of pyridine rings is 2. The van der Waals surface area contributed by atoms with Gasteiger partial charge in [0.25, 0.3) is 11.8 Å². The zero-order chi connectivity index (χ0) is 40.7. The van der Waals surface area contributed by atoms with Crippen LogP contribution in [0, 0.1) is 0 Å². The van der Waals surface area contributed by atoms with Gasteiger partial charge in [-0.2, -0.15) is 36.5 Å². The van der Waals surface area contributed by atoms with E-state index in [0.717, 1.165) is 27.2 Å². The number of alkyl halides is 6. The summed E-state index contributed by atoms with van der Waals surface area (Å²) in [5, 5.41) is 9.13. The Morgan fingerprint density at radius 2 is 1.07 bits per heavy atom. The smallest absolute Gasteiger partial charge is 0.364 e. The highest BCUT2D eigenvalue weighted by atomic mass is 32.2. The van der Waals surface area contributed by atoms with Crippen LogP contribution in [0.1, 0.15) is 46.2 Å². The third-order valence-electron chi connectivity index (χ3n) is 7.57. The van der Waals surface area contributed by atoms with Gasteiger partial charge in [-0.25, -0.2) is 45.8 Å². The maximum Gasteiger partial charge on any atom is 0.435 e. The lowest BCUT2D eigenvalue weighted by Crippen LogP contribution is -2.20. The van der Waals surface area contributed by atoms with E-state index in [1.165, 1.54) is 63.6 Å². The van der Waals surface area contributed by atoms with Crippen LogP contribution in [0.15, 0.2) is 70.7 Å². The number of amides is 2. The Balaban J connectivity index is 0.000000211. The molecule has 0 atom stereocenters. The summed E-state index contributed by atoms with van der Waals surface area (Å²) in [6, 6.07) is 8.81. The van der Waals surface area contributed by atoms with Crippen molar-refractivity contribution < 1.29 is 52.8 Å². The summed E-state index contributed by atoms with van der Waals surface area (Å²) >= 11 is 0. The predicted octanol–water partition coefficient (Wildman–Crippen LogP) is 3.67. The number of aromatic nitrogens is 8. The van der Waals surface area contributed by atoms with Gasteiger partial charge in [-0.15, -0.1) is 0 Å². The summed E-state index contributed by atoms with van der Waals surface area (Å²) < 4.78 is 128. The zero-order valence-electron chi connectivity index (χ0n) is 28.4. The van der Waals surface area contributed by atoms with Gasteiger partial charge in [-0.05, 0) is 36.4 Å². The minimum absolute atomic E-state index is 0.00102. The number of carbonyl (C=O) groups is 2. The second-order valence-corrected chi connectivity index (χ2v) is 15.6. The molecule has 0 unspecified atom stereocenters. The first-order chi connectivity index (χ1) is 25.6. The first-order valence-corrected chi connectivity index (χ1v) is 18.8. The van der Waals surface area contributed by atoms with Gasteiger partial charge in [-0.1, -0.05) is 13.8 Å². The molecule has 0 saturated heterocycles. The molecular formula is C31H26F6N10O6S2. The Labute approximate surface area is 306 Å². The van der Waals surface area contributed by atoms with E-state index >= 15 is 0 Å². The fourth-order valence-electron chi connectivity index (χ4n) is 4.76. The maximum atomic E-state index is 12.9. The van der Waals surface area contributed by atoms with E-state index in [-0.39, 0.29) is 66.8 Å². The number of fused-ring (bicyclic) bond motifs is 2. The number of nitrogens with two attached hydrogens (primary N) is 1. The van der Waals surface area contributed by atoms with E-state index in [2.05, 4.69) is 35.5 Å². The minimum atomic E-state index is -4.66. The molecule has 2 amide bonds. The van der Waals surface area contributed by atoms with Crippen molar-refractivity contribution in [2.24, 2.45) is 5.73 Å². The van der Waals surface area contributed by atoms with Crippen LogP contribution in [0.25, 0.3) is 34.1 Å². The van der Waals surface area contributed by atoms with Gasteiger partial charge in [0.05, 0.1) is 32.7 Å². The lowest BCUT2D eigenvalue weighted by molar-refractivity contribution is -0.142. The summed E-state index contributed by atoms with van der Waals surface area (Å²) in [5.74, 6) is -1.91. The molecule has 0 saturated carbocycles. The average Bonchev–Trinajstić information content (AvgIpc) is 3.79. The van der Waals surface area contributed by atoms with Crippen LogP contribution in [0.3, 0.4) is 0 Å². The van der Waals surface area contributed by atoms with Gasteiger partial charge in [0.15, 0.2) is 42.4 Å². The summed E-state index contributed by atoms with van der Waals surface area (Å²) in [6.07, 6.45) is -6.91. The molecule has 0 aliphatic carbocycles. The van der Waals surface area contributed by atoms with Crippen LogP contribution >= 0.6 is 0 Å². The predicted molar refractivity (Wildman–Crippen MR) is 180 cm³/mol. The van der Waals surface area contributed by atoms with Crippen molar-refractivity contribution in [3.05, 3.63) is 83.7 Å². The number of halogens is 6. The van der Waals surface area contributed by atoms with Crippen LogP contribution in [-0.4, -0.2) is 86.4 Å². The maximum absolute atomic E-state index is 12.9. The standard InChI is InChI=1S/C16H14F3N5O3S.C15H12F3N5O3S/c1-3-28(26,27)11-5-4-10(15(25)20-2)22-14(11)9-6-7-24-13(21-9)8-12(23-24)16(17,18)19;1-2-27(25,26)10-4-3-9(14(19)24)21-13(10)8-5-6-23-12(20-8)7-11(22-23)15(16,17)18/h4-8H,3H2,1-2H3,(H,20,25);3-7H,2H2,1H3,(H2,19,24). The van der Waals surface area contributed by atoms with Crippen LogP contribution in [0.5, 0.6) is 0 Å². The fraction of sp³-hybridized carbons (Fsp3) is 0.226. The van der Waals surface area contributed by atoms with Crippen LogP contribution in [0.2, 0.25) is 0 Å². The van der Waals surface area contributed by atoms with Crippen LogP contribution in [0.4, 0.5) is 26.3 Å². The summed E-state index contributed by atoms with van der Waals surface area (Å²) in [5.41, 5.74) is 2.00. The largest absolute Gasteiger partial charge is 0.435 e. The molecule has 16 nitrogen and oxygen atoms in total. The van der Waals surface area contributed by atoms with E-state index in [1.807, 2.05) is 0 Å². The SMILES string of the molecule is CCS(=O)(=O)c1ccc(C(=O)NC)nc1-c1ccn2nc(C(F)(F)F)cc2n1.CCS(=O)(=O)c1ccc(C(N)=O)nc1-c1ccn2nc(C(F)(F)F)cc2n1. The number of nitrogens with zero attached hydrogens (tertiary/aromatic N) is 8. The normalized spacial score (nSPS) is 12.4. The Morgan fingerprint density at radius 3 is 1.44 bits per heavy atom. The van der Waals surface area contributed by atoms with E-state index in [4.69, 9.17) is 5.73 Å². The third-order valence-corrected chi connectivity index (χ3v) is 11.1. The minimum Gasteiger partial charge on any atom is -0.364 e. The number of hydrogen-bond donors (Lipinski definition) is 2. The van der Waals surface area contributed by atoms with Crippen LogP contribution < -0.4 is 11.1 Å². The molecule has 3 N–H and O–H groups in total. The lowest BCUT2D eigenvalue weighted by atomic mass is 10.2. The van der Waals surface area contributed by atoms with Crippen molar-refractivity contribution in [1.29, 1.82) is 0 Å². The molecule has 55 heavy (non-hydrogen) atoms. The number of sulfone groups is 2. The quantitative estimate of drug-likeness (QED) is 0.210. The molecule has 6 rings (SSSR count). The Bertz CT molecular complexity index is 2700. The second kappa shape index (κ2) is 14.7. The first kappa shape index (κ1) is 40.2. The molecule has 6 aromatic heterocycles. The van der Waals surface area contributed by atoms with Crippen molar-refractivity contribution >= 4 is 42.8 Å². The Hall–Kier alpha value is -6.04. The summed E-state index contributed by atoms with van der Waals surface area (Å²) in [4.78, 5) is 39.0. The molecule has 0 radical (unpaired) electrons. The Kier molecular flexibility index (Phi) is 10.7. The van der Waals surface area contributed by atoms with Gasteiger partial charge in [-0.3, -0.25) is 9.59 Å². The lowest BCUT2D eigenvalue weighted by Gasteiger charge is -2.10. The van der Waals surface area contributed by atoms with E-state index in [1.54, 1.807) is 0 Å². The van der Waals surface area contributed by atoms with Gasteiger partial charge >= 0.3 is 12.4 Å². The van der Waals surface area contributed by atoms with Gasteiger partial charge in [0, 0.05) is 31.6 Å². The number of carbonyl (C=O) groups excluding carboxylic acids is 2. The van der Waals surface area contributed by atoms with Crippen molar-refractivity contribution in [3.8, 4) is 22.8 Å². The number of hydrogen-bond acceptors (Lipinski definition) is 12. The molecule has 6 heterocycles. The van der Waals surface area contributed by atoms with E-state index in [9.17, 15) is 52.8 Å². The van der Waals surface area contributed by atoms with Gasteiger partial charge in [0.2, 0.25) is 0 Å². The monoisotopic (exact) mass is 812 g/mol. The fourth-order valence-corrected chi connectivity index (χ4v) is 6.83. The molecule has 0 aromatic carbocycles. The molecule has 0 bridgehead atoms. The zero-order valence-corrected chi connectivity index (χ0v) is 30.0. The molecule has 24 heteroatoms. The van der Waals surface area contributed by atoms with E-state index < -0.39 is 55.2 Å². The molecule has 290 valence electrons. The highest BCUT2D eigenvalue weighted by Gasteiger charge is 2.35. The van der Waals surface area contributed by atoms with Gasteiger partial charge < -0.3 is 11.1 Å². The molecule has 0 spiro atoms. The topological polar surface area (TPSA) is 227 Å². The average molecular weight is 813 g/mol. The summed E-state index contributed by atoms with van der Waals surface area (Å²) in [6.45, 7) is 2.86. The summed E-state index contributed by atoms with van der Waals surface area (Å²) in [7, 11) is -6.10. The van der Waals surface area contributed by atoms with E-state index in [0.29, 0.717) is 0 Å². The third kappa shape index (κ3) is 8.38. The van der Waals surface area contributed by atoms with Crippen LogP contribution in [-0.2, 0) is 32.0 Å². The number of nitrogens with one attached hydrogen (secondary N) is 1. The Morgan fingerprint density at radius 1 is 0.673 bits per heavy atom. The highest BCUT2D eigenvalue weighted by molar-refractivity contribution is 7.91. The van der Waals surface area contributed by atoms with Gasteiger partial charge in [0.1, 0.15) is 22.8 Å². The van der Waals surface area contributed by atoms with Crippen molar-refractivity contribution in [2.75, 3.05) is 18.6 Å². The second-order valence-electron chi connectivity index (χ2n) is 11.1.